The van der Waals surface area contributed by atoms with Crippen molar-refractivity contribution in [2.75, 3.05) is 31.7 Å². The highest BCUT2D eigenvalue weighted by Crippen LogP contribution is 2.19. The first-order valence-corrected chi connectivity index (χ1v) is 6.30. The molecule has 0 aliphatic carbocycles. The largest absolute Gasteiger partial charge is 0.480 e. The van der Waals surface area contributed by atoms with Gasteiger partial charge in [0.15, 0.2) is 0 Å². The number of carboxylic acids is 1. The van der Waals surface area contributed by atoms with Crippen LogP contribution in [0.1, 0.15) is 11.1 Å². The van der Waals surface area contributed by atoms with E-state index < -0.39 is 5.97 Å². The number of rotatable bonds is 6. The molecule has 2 amide bonds. The molecular weight excluding hydrogens is 260 g/mol. The van der Waals surface area contributed by atoms with Crippen molar-refractivity contribution in [1.29, 1.82) is 0 Å². The van der Waals surface area contributed by atoms with E-state index in [0.29, 0.717) is 0 Å². The van der Waals surface area contributed by atoms with E-state index in [1.54, 1.807) is 7.05 Å². The van der Waals surface area contributed by atoms with E-state index in [1.165, 1.54) is 4.90 Å². The number of carbonyl (C=O) groups excluding carboxylic acids is 1. The highest BCUT2D eigenvalue weighted by molar-refractivity contribution is 5.92. The lowest BCUT2D eigenvalue weighted by Crippen LogP contribution is -2.39. The summed E-state index contributed by atoms with van der Waals surface area (Å²) in [5.74, 6) is -1.02. The van der Waals surface area contributed by atoms with E-state index in [-0.39, 0.29) is 25.8 Å². The molecule has 0 atom stereocenters. The monoisotopic (exact) mass is 280 g/mol. The Labute approximate surface area is 118 Å². The maximum atomic E-state index is 11.9. The highest BCUT2D eigenvalue weighted by atomic mass is 16.5. The van der Waals surface area contributed by atoms with Gasteiger partial charge in [-0.1, -0.05) is 17.7 Å². The zero-order valence-electron chi connectivity index (χ0n) is 12.0. The highest BCUT2D eigenvalue weighted by Gasteiger charge is 2.12. The minimum atomic E-state index is -1.02. The van der Waals surface area contributed by atoms with Crippen molar-refractivity contribution in [3.63, 3.8) is 0 Å². The molecule has 6 heteroatoms. The molecule has 0 radical (unpaired) electrons. The molecular formula is C14H20N2O4. The van der Waals surface area contributed by atoms with E-state index >= 15 is 0 Å². The Morgan fingerprint density at radius 1 is 1.35 bits per heavy atom. The van der Waals surface area contributed by atoms with Gasteiger partial charge in [-0.05, 0) is 25.5 Å². The molecule has 0 unspecified atom stereocenters. The van der Waals surface area contributed by atoms with Gasteiger partial charge in [0.25, 0.3) is 0 Å². The quantitative estimate of drug-likeness (QED) is 0.775. The number of carbonyl (C=O) groups is 2. The summed E-state index contributed by atoms with van der Waals surface area (Å²) >= 11 is 0. The van der Waals surface area contributed by atoms with Crippen molar-refractivity contribution in [2.45, 2.75) is 13.8 Å². The lowest BCUT2D eigenvalue weighted by Gasteiger charge is -2.20. The molecule has 0 aliphatic rings. The van der Waals surface area contributed by atoms with Gasteiger partial charge in [-0.3, -0.25) is 4.90 Å². The number of amides is 2. The van der Waals surface area contributed by atoms with Gasteiger partial charge in [0.1, 0.15) is 6.61 Å². The third-order valence-electron chi connectivity index (χ3n) is 2.77. The predicted octanol–water partition coefficient (Wildman–Crippen LogP) is 1.55. The fourth-order valence-corrected chi connectivity index (χ4v) is 1.80. The van der Waals surface area contributed by atoms with Gasteiger partial charge >= 0.3 is 12.0 Å². The Hall–Kier alpha value is -2.08. The molecule has 1 rings (SSSR count). The van der Waals surface area contributed by atoms with Crippen molar-refractivity contribution in [3.05, 3.63) is 29.3 Å². The summed E-state index contributed by atoms with van der Waals surface area (Å²) in [4.78, 5) is 23.7. The molecule has 0 saturated heterocycles. The van der Waals surface area contributed by atoms with E-state index in [9.17, 15) is 9.59 Å². The molecule has 1 aromatic carbocycles. The summed E-state index contributed by atoms with van der Waals surface area (Å²) in [6, 6.07) is 5.60. The average molecular weight is 280 g/mol. The first-order valence-electron chi connectivity index (χ1n) is 6.30. The second-order valence-corrected chi connectivity index (χ2v) is 4.53. The summed E-state index contributed by atoms with van der Waals surface area (Å²) in [5, 5.41) is 11.1. The lowest BCUT2D eigenvalue weighted by molar-refractivity contribution is -0.142. The molecule has 1 aromatic rings. The average Bonchev–Trinajstić information content (AvgIpc) is 2.37. The van der Waals surface area contributed by atoms with Crippen LogP contribution in [-0.2, 0) is 9.53 Å². The molecule has 0 saturated carbocycles. The van der Waals surface area contributed by atoms with Crippen LogP contribution >= 0.6 is 0 Å². The molecule has 20 heavy (non-hydrogen) atoms. The topological polar surface area (TPSA) is 78.9 Å². The second kappa shape index (κ2) is 7.49. The number of urea groups is 1. The summed E-state index contributed by atoms with van der Waals surface area (Å²) in [5.41, 5.74) is 2.99. The minimum absolute atomic E-state index is 0.165. The molecule has 2 N–H and O–H groups in total. The normalized spacial score (nSPS) is 10.2. The number of carboxylic acid groups (broad SMARTS) is 1. The van der Waals surface area contributed by atoms with Crippen molar-refractivity contribution in [2.24, 2.45) is 0 Å². The second-order valence-electron chi connectivity index (χ2n) is 4.53. The Bertz CT molecular complexity index is 488. The number of anilines is 1. The van der Waals surface area contributed by atoms with Crippen LogP contribution in [0.5, 0.6) is 0 Å². The Kier molecular flexibility index (Phi) is 5.99. The molecule has 6 nitrogen and oxygen atoms in total. The Morgan fingerprint density at radius 2 is 2.05 bits per heavy atom. The van der Waals surface area contributed by atoms with E-state index in [1.807, 2.05) is 32.0 Å². The van der Waals surface area contributed by atoms with Crippen molar-refractivity contribution >= 4 is 17.7 Å². The van der Waals surface area contributed by atoms with E-state index in [2.05, 4.69) is 5.32 Å². The van der Waals surface area contributed by atoms with Crippen LogP contribution in [0.2, 0.25) is 0 Å². The van der Waals surface area contributed by atoms with Gasteiger partial charge in [0.2, 0.25) is 0 Å². The van der Waals surface area contributed by atoms with Crippen molar-refractivity contribution in [3.8, 4) is 0 Å². The van der Waals surface area contributed by atoms with Crippen LogP contribution < -0.4 is 10.2 Å². The number of hydrogen-bond donors (Lipinski definition) is 2. The molecule has 0 aliphatic heterocycles. The van der Waals surface area contributed by atoms with Gasteiger partial charge in [0, 0.05) is 19.3 Å². The number of benzene rings is 1. The fraction of sp³-hybridized carbons (Fsp3) is 0.429. The van der Waals surface area contributed by atoms with Gasteiger partial charge < -0.3 is 15.2 Å². The third-order valence-corrected chi connectivity index (χ3v) is 2.77. The van der Waals surface area contributed by atoms with Gasteiger partial charge in [-0.15, -0.1) is 0 Å². The number of aliphatic carboxylic acids is 1. The molecule has 0 spiro atoms. The molecule has 110 valence electrons. The van der Waals surface area contributed by atoms with Crippen LogP contribution in [-0.4, -0.2) is 43.9 Å². The standard InChI is InChI=1S/C14H20N2O4/c1-10-4-5-12(11(2)8-10)16(3)14(19)15-6-7-20-9-13(17)18/h4-5,8H,6-7,9H2,1-3H3,(H,15,19)(H,17,18). The first-order chi connectivity index (χ1) is 9.41. The molecule has 0 fully saturated rings. The number of ether oxygens (including phenoxy) is 1. The zero-order valence-corrected chi connectivity index (χ0v) is 12.0. The zero-order chi connectivity index (χ0) is 15.1. The first kappa shape index (κ1) is 16.0. The van der Waals surface area contributed by atoms with Crippen molar-refractivity contribution in [1.82, 2.24) is 5.32 Å². The van der Waals surface area contributed by atoms with Crippen LogP contribution in [0, 0.1) is 13.8 Å². The maximum absolute atomic E-state index is 11.9. The number of nitrogens with zero attached hydrogens (tertiary/aromatic N) is 1. The van der Waals surface area contributed by atoms with E-state index in [4.69, 9.17) is 9.84 Å². The maximum Gasteiger partial charge on any atom is 0.329 e. The number of nitrogens with one attached hydrogen (secondary N) is 1. The van der Waals surface area contributed by atoms with Crippen LogP contribution in [0.15, 0.2) is 18.2 Å². The van der Waals surface area contributed by atoms with Gasteiger partial charge in [-0.25, -0.2) is 9.59 Å². The van der Waals surface area contributed by atoms with Crippen LogP contribution in [0.25, 0.3) is 0 Å². The summed E-state index contributed by atoms with van der Waals surface area (Å²) in [7, 11) is 1.69. The summed E-state index contributed by atoms with van der Waals surface area (Å²) in [6.45, 7) is 4.02. The third kappa shape index (κ3) is 4.89. The Morgan fingerprint density at radius 3 is 2.65 bits per heavy atom. The van der Waals surface area contributed by atoms with Crippen LogP contribution in [0.3, 0.4) is 0 Å². The van der Waals surface area contributed by atoms with Gasteiger partial charge in [-0.2, -0.15) is 0 Å². The summed E-state index contributed by atoms with van der Waals surface area (Å²) < 4.78 is 4.84. The number of hydrogen-bond acceptors (Lipinski definition) is 3. The molecule has 0 bridgehead atoms. The minimum Gasteiger partial charge on any atom is -0.480 e. The van der Waals surface area contributed by atoms with E-state index in [0.717, 1.165) is 16.8 Å². The van der Waals surface area contributed by atoms with Crippen molar-refractivity contribution < 1.29 is 19.4 Å². The van der Waals surface area contributed by atoms with Crippen LogP contribution in [0.4, 0.5) is 10.5 Å². The molecule has 0 aromatic heterocycles. The van der Waals surface area contributed by atoms with Gasteiger partial charge in [0.05, 0.1) is 6.61 Å². The summed E-state index contributed by atoms with van der Waals surface area (Å²) in [6.07, 6.45) is 0. The molecule has 0 heterocycles. The predicted molar refractivity (Wildman–Crippen MR) is 76.2 cm³/mol. The smallest absolute Gasteiger partial charge is 0.329 e. The SMILES string of the molecule is Cc1ccc(N(C)C(=O)NCCOCC(=O)O)c(C)c1. The Balaban J connectivity index is 2.44. The fourth-order valence-electron chi connectivity index (χ4n) is 1.80. The lowest BCUT2D eigenvalue weighted by atomic mass is 10.1. The number of aryl methyl sites for hydroxylation is 2.